The average molecular weight is 419 g/mol. The van der Waals surface area contributed by atoms with E-state index in [1.54, 1.807) is 6.21 Å². The number of amides is 1. The number of rotatable bonds is 7. The van der Waals surface area contributed by atoms with Gasteiger partial charge in [-0.05, 0) is 35.9 Å². The van der Waals surface area contributed by atoms with Gasteiger partial charge in [0.05, 0.1) is 38.1 Å². The molecule has 2 heterocycles. The fraction of sp³-hybridized carbons (Fsp3) is 0.368. The van der Waals surface area contributed by atoms with Gasteiger partial charge >= 0.3 is 5.97 Å². The molecule has 1 aromatic rings. The molecule has 154 valence electrons. The van der Waals surface area contributed by atoms with E-state index in [9.17, 15) is 9.59 Å². The van der Waals surface area contributed by atoms with Crippen molar-refractivity contribution in [3.05, 3.63) is 40.8 Å². The van der Waals surface area contributed by atoms with E-state index in [4.69, 9.17) is 14.2 Å². The van der Waals surface area contributed by atoms with Gasteiger partial charge in [0.1, 0.15) is 5.75 Å². The van der Waals surface area contributed by atoms with Crippen molar-refractivity contribution >= 4 is 35.0 Å². The first kappa shape index (κ1) is 21.0. The molecule has 2 saturated heterocycles. The molecule has 0 spiro atoms. The summed E-state index contributed by atoms with van der Waals surface area (Å²) >= 11 is 1.01. The Balaban J connectivity index is 1.51. The van der Waals surface area contributed by atoms with E-state index in [2.05, 4.69) is 20.3 Å². The van der Waals surface area contributed by atoms with Crippen LogP contribution in [0.15, 0.2) is 45.4 Å². The van der Waals surface area contributed by atoms with Gasteiger partial charge < -0.3 is 18.9 Å². The summed E-state index contributed by atoms with van der Waals surface area (Å²) in [6, 6.07) is 7.38. The Hall–Kier alpha value is -2.69. The number of hydrogen-bond acceptors (Lipinski definition) is 9. The first-order valence-corrected chi connectivity index (χ1v) is 9.81. The van der Waals surface area contributed by atoms with Gasteiger partial charge in [-0.3, -0.25) is 10.1 Å². The molecule has 0 aromatic heterocycles. The lowest BCUT2D eigenvalue weighted by Gasteiger charge is -2.23. The Morgan fingerprint density at radius 1 is 1.38 bits per heavy atom. The van der Waals surface area contributed by atoms with Crippen LogP contribution in [0.3, 0.4) is 0 Å². The molecule has 0 saturated carbocycles. The number of nitrogens with one attached hydrogen (secondary N) is 1. The number of esters is 1. The first-order chi connectivity index (χ1) is 14.1. The number of carbonyl (C=O) groups excluding carboxylic acids is 2. The second-order valence-corrected chi connectivity index (χ2v) is 7.00. The van der Waals surface area contributed by atoms with Crippen LogP contribution >= 0.6 is 11.8 Å². The molecular formula is C19H21N3O6S. The number of nitrogens with zero attached hydrogens (tertiary/aromatic N) is 2. The molecule has 1 N–H and O–H groups in total. The average Bonchev–Trinajstić information content (AvgIpc) is 3.08. The van der Waals surface area contributed by atoms with Crippen molar-refractivity contribution in [2.45, 2.75) is 19.1 Å². The predicted molar refractivity (Wildman–Crippen MR) is 108 cm³/mol. The number of carbonyl (C=O) groups is 2. The van der Waals surface area contributed by atoms with E-state index in [1.165, 1.54) is 7.11 Å². The van der Waals surface area contributed by atoms with Gasteiger partial charge in [0.2, 0.25) is 0 Å². The Bertz CT molecular complexity index is 833. The predicted octanol–water partition coefficient (Wildman–Crippen LogP) is 1.83. The summed E-state index contributed by atoms with van der Waals surface area (Å²) in [5, 5.41) is 10.7. The molecule has 2 fully saturated rings. The smallest absolute Gasteiger partial charge is 0.331 e. The second-order valence-electron chi connectivity index (χ2n) is 5.97. The maximum Gasteiger partial charge on any atom is 0.331 e. The first-order valence-electron chi connectivity index (χ1n) is 9.00. The third kappa shape index (κ3) is 6.70. The van der Waals surface area contributed by atoms with E-state index in [0.717, 1.165) is 43.0 Å². The van der Waals surface area contributed by atoms with Crippen molar-refractivity contribution in [3.63, 3.8) is 0 Å². The number of hydrogen-bond donors (Lipinski definition) is 1. The van der Waals surface area contributed by atoms with Crippen molar-refractivity contribution in [2.75, 3.05) is 26.9 Å². The van der Waals surface area contributed by atoms with Crippen molar-refractivity contribution in [2.24, 2.45) is 10.2 Å². The van der Waals surface area contributed by atoms with E-state index in [1.807, 2.05) is 24.3 Å². The molecule has 2 aliphatic rings. The SMILES string of the molecule is COC(=O)/C=C1/S/C(=N\N=Cc2cccc(OCCC3OCCCO3)c2)NC1=O. The number of amidine groups is 1. The highest BCUT2D eigenvalue weighted by molar-refractivity contribution is 8.18. The fourth-order valence-corrected chi connectivity index (χ4v) is 3.19. The van der Waals surface area contributed by atoms with Gasteiger partial charge in [0.15, 0.2) is 11.5 Å². The Kier molecular flexibility index (Phi) is 7.79. The quantitative estimate of drug-likeness (QED) is 0.311. The van der Waals surface area contributed by atoms with Crippen molar-refractivity contribution in [1.82, 2.24) is 5.32 Å². The molecule has 0 radical (unpaired) electrons. The standard InChI is InChI=1S/C19H21N3O6S/c1-25-16(23)11-15-18(24)21-19(29-15)22-20-12-13-4-2-5-14(10-13)26-9-6-17-27-7-3-8-28-17/h2,4-5,10-12,17H,3,6-9H2,1H3,(H,21,22,24)/b15-11+,20-12?. The van der Waals surface area contributed by atoms with Crippen LogP contribution in [0.1, 0.15) is 18.4 Å². The van der Waals surface area contributed by atoms with E-state index in [-0.39, 0.29) is 16.4 Å². The van der Waals surface area contributed by atoms with Gasteiger partial charge in [-0.25, -0.2) is 4.79 Å². The largest absolute Gasteiger partial charge is 0.493 e. The monoisotopic (exact) mass is 419 g/mol. The second kappa shape index (κ2) is 10.7. The highest BCUT2D eigenvalue weighted by Gasteiger charge is 2.25. The van der Waals surface area contributed by atoms with Crippen LogP contribution in [0.25, 0.3) is 0 Å². The Labute approximate surface area is 172 Å². The molecule has 9 nitrogen and oxygen atoms in total. The summed E-state index contributed by atoms with van der Waals surface area (Å²) < 4.78 is 21.2. The minimum Gasteiger partial charge on any atom is -0.493 e. The minimum absolute atomic E-state index is 0.201. The molecule has 0 bridgehead atoms. The molecule has 1 aromatic carbocycles. The molecular weight excluding hydrogens is 398 g/mol. The van der Waals surface area contributed by atoms with Crippen molar-refractivity contribution in [3.8, 4) is 5.75 Å². The number of thioether (sulfide) groups is 1. The lowest BCUT2D eigenvalue weighted by molar-refractivity contribution is -0.183. The molecule has 0 atom stereocenters. The Morgan fingerprint density at radius 2 is 2.21 bits per heavy atom. The topological polar surface area (TPSA) is 108 Å². The van der Waals surface area contributed by atoms with Gasteiger partial charge in [0.25, 0.3) is 5.91 Å². The Morgan fingerprint density at radius 3 is 3.00 bits per heavy atom. The summed E-state index contributed by atoms with van der Waals surface area (Å²) in [5.74, 6) is -0.328. The maximum absolute atomic E-state index is 11.8. The highest BCUT2D eigenvalue weighted by atomic mass is 32.2. The van der Waals surface area contributed by atoms with Crippen LogP contribution in [0.5, 0.6) is 5.75 Å². The van der Waals surface area contributed by atoms with E-state index in [0.29, 0.717) is 18.8 Å². The zero-order valence-corrected chi connectivity index (χ0v) is 16.6. The van der Waals surface area contributed by atoms with Crippen LogP contribution < -0.4 is 10.1 Å². The third-order valence-corrected chi connectivity index (χ3v) is 4.73. The number of ether oxygens (including phenoxy) is 4. The molecule has 3 rings (SSSR count). The zero-order valence-electron chi connectivity index (χ0n) is 15.8. The van der Waals surface area contributed by atoms with Gasteiger partial charge in [-0.15, -0.1) is 5.10 Å². The van der Waals surface area contributed by atoms with Crippen molar-refractivity contribution in [1.29, 1.82) is 0 Å². The summed E-state index contributed by atoms with van der Waals surface area (Å²) in [6.45, 7) is 1.92. The van der Waals surface area contributed by atoms with Crippen LogP contribution in [0.4, 0.5) is 0 Å². The fourth-order valence-electron chi connectivity index (χ4n) is 2.45. The molecule has 10 heteroatoms. The third-order valence-electron chi connectivity index (χ3n) is 3.83. The molecule has 29 heavy (non-hydrogen) atoms. The number of methoxy groups -OCH3 is 1. The van der Waals surface area contributed by atoms with Crippen LogP contribution in [-0.4, -0.2) is 56.5 Å². The lowest BCUT2D eigenvalue weighted by Crippen LogP contribution is -2.26. The van der Waals surface area contributed by atoms with E-state index < -0.39 is 11.9 Å². The zero-order chi connectivity index (χ0) is 20.5. The van der Waals surface area contributed by atoms with Crippen LogP contribution in [0, 0.1) is 0 Å². The van der Waals surface area contributed by atoms with Gasteiger partial charge in [0, 0.05) is 12.5 Å². The molecule has 2 aliphatic heterocycles. The van der Waals surface area contributed by atoms with Crippen molar-refractivity contribution < 1.29 is 28.5 Å². The van der Waals surface area contributed by atoms with Gasteiger partial charge in [-0.2, -0.15) is 5.10 Å². The summed E-state index contributed by atoms with van der Waals surface area (Å²) in [6.07, 6.45) is 4.03. The highest BCUT2D eigenvalue weighted by Crippen LogP contribution is 2.23. The molecule has 0 aliphatic carbocycles. The van der Waals surface area contributed by atoms with Gasteiger partial charge in [-0.1, -0.05) is 12.1 Å². The normalized spacial score (nSPS) is 20.4. The molecule has 1 amide bonds. The summed E-state index contributed by atoms with van der Waals surface area (Å²) in [5.41, 5.74) is 0.789. The summed E-state index contributed by atoms with van der Waals surface area (Å²) in [7, 11) is 1.24. The molecule has 0 unspecified atom stereocenters. The maximum atomic E-state index is 11.8. The van der Waals surface area contributed by atoms with E-state index >= 15 is 0 Å². The lowest BCUT2D eigenvalue weighted by atomic mass is 10.2. The van der Waals surface area contributed by atoms with Crippen LogP contribution in [0.2, 0.25) is 0 Å². The summed E-state index contributed by atoms with van der Waals surface area (Å²) in [4.78, 5) is 23.2. The number of benzene rings is 1. The van der Waals surface area contributed by atoms with Crippen LogP contribution in [-0.2, 0) is 23.8 Å². The minimum atomic E-state index is -0.606.